The monoisotopic (exact) mass is 384 g/mol. The molecule has 140 valence electrons. The van der Waals surface area contributed by atoms with E-state index in [0.717, 1.165) is 28.6 Å². The number of nitrogens with zero attached hydrogens (tertiary/aromatic N) is 1. The summed E-state index contributed by atoms with van der Waals surface area (Å²) in [5.41, 5.74) is 2.51. The molecule has 0 aromatic heterocycles. The van der Waals surface area contributed by atoms with Gasteiger partial charge in [-0.15, -0.1) is 0 Å². The maximum atomic E-state index is 12.2. The van der Waals surface area contributed by atoms with Crippen LogP contribution < -0.4 is 10.1 Å². The molecule has 1 saturated heterocycles. The number of anilines is 1. The molecule has 2 aromatic carbocycles. The molecular weight excluding hydrogens is 364 g/mol. The Morgan fingerprint density at radius 2 is 1.89 bits per heavy atom. The van der Waals surface area contributed by atoms with Crippen molar-refractivity contribution in [1.82, 2.24) is 4.90 Å². The average Bonchev–Trinajstić information content (AvgIpc) is 3.00. The Hall–Kier alpha value is -2.80. The molecule has 1 heterocycles. The van der Waals surface area contributed by atoms with E-state index in [2.05, 4.69) is 5.32 Å². The number of hydrogen-bond donors (Lipinski definition) is 1. The molecule has 6 nitrogen and oxygen atoms in total. The maximum Gasteiger partial charge on any atom is 0.289 e. The normalized spacial score (nSPS) is 13.7. The molecule has 0 saturated carbocycles. The largest absolute Gasteiger partial charge is 0.496 e. The molecule has 1 N–H and O–H groups in total. The number of para-hydroxylation sites is 1. The van der Waals surface area contributed by atoms with Crippen LogP contribution in [0.4, 0.5) is 10.5 Å². The first-order valence-electron chi connectivity index (χ1n) is 8.54. The summed E-state index contributed by atoms with van der Waals surface area (Å²) >= 11 is 1.02. The third-order valence-electron chi connectivity index (χ3n) is 4.23. The standard InChI is InChI=1S/C20H20N2O4S/c1-26-17-5-3-2-4-15(17)8-11-18(23)21-16-9-6-14(7-10-16)12-22-19(24)13-27-20(22)25/h2-7,9-10H,8,11-13H2,1H3,(H,21,23). The third kappa shape index (κ3) is 4.89. The molecular formula is C20H20N2O4S. The van der Waals surface area contributed by atoms with Crippen LogP contribution in [0.5, 0.6) is 5.75 Å². The predicted octanol–water partition coefficient (Wildman–Crippen LogP) is 3.46. The minimum absolute atomic E-state index is 0.0880. The molecule has 3 amide bonds. The number of nitrogens with one attached hydrogen (secondary N) is 1. The molecule has 1 aliphatic rings. The van der Waals surface area contributed by atoms with E-state index in [0.29, 0.717) is 18.5 Å². The van der Waals surface area contributed by atoms with Gasteiger partial charge in [-0.05, 0) is 35.7 Å². The second-order valence-corrected chi connectivity index (χ2v) is 7.02. The number of thioether (sulfide) groups is 1. The van der Waals surface area contributed by atoms with Gasteiger partial charge in [0.15, 0.2) is 0 Å². The highest BCUT2D eigenvalue weighted by molar-refractivity contribution is 8.14. The highest BCUT2D eigenvalue weighted by atomic mass is 32.2. The molecule has 3 rings (SSSR count). The Bertz CT molecular complexity index is 835. The van der Waals surface area contributed by atoms with Crippen molar-refractivity contribution in [3.8, 4) is 5.75 Å². The van der Waals surface area contributed by atoms with Crippen LogP contribution in [0.3, 0.4) is 0 Å². The van der Waals surface area contributed by atoms with Crippen molar-refractivity contribution in [3.05, 3.63) is 59.7 Å². The zero-order valence-corrected chi connectivity index (χ0v) is 15.8. The van der Waals surface area contributed by atoms with E-state index in [1.165, 1.54) is 4.90 Å². The van der Waals surface area contributed by atoms with Gasteiger partial charge in [-0.25, -0.2) is 0 Å². The van der Waals surface area contributed by atoms with Gasteiger partial charge in [0, 0.05) is 12.1 Å². The van der Waals surface area contributed by atoms with Crippen molar-refractivity contribution in [2.75, 3.05) is 18.2 Å². The Labute approximate surface area is 161 Å². The molecule has 0 aliphatic carbocycles. The second kappa shape index (κ2) is 8.73. The first-order chi connectivity index (χ1) is 13.1. The number of hydrogen-bond acceptors (Lipinski definition) is 5. The molecule has 0 bridgehead atoms. The number of aryl methyl sites for hydroxylation is 1. The van der Waals surface area contributed by atoms with Gasteiger partial charge in [-0.3, -0.25) is 19.3 Å². The average molecular weight is 384 g/mol. The molecule has 0 radical (unpaired) electrons. The number of imide groups is 1. The summed E-state index contributed by atoms with van der Waals surface area (Å²) in [5, 5.41) is 2.64. The summed E-state index contributed by atoms with van der Waals surface area (Å²) in [6.45, 7) is 0.257. The zero-order chi connectivity index (χ0) is 19.2. The lowest BCUT2D eigenvalue weighted by Gasteiger charge is -2.13. The van der Waals surface area contributed by atoms with Crippen LogP contribution in [0.1, 0.15) is 17.5 Å². The first-order valence-corrected chi connectivity index (χ1v) is 9.53. The Morgan fingerprint density at radius 3 is 2.56 bits per heavy atom. The second-order valence-electron chi connectivity index (χ2n) is 6.09. The predicted molar refractivity (Wildman–Crippen MR) is 105 cm³/mol. The minimum atomic E-state index is -0.214. The topological polar surface area (TPSA) is 75.7 Å². The van der Waals surface area contributed by atoms with Crippen LogP contribution in [-0.4, -0.2) is 34.8 Å². The van der Waals surface area contributed by atoms with Gasteiger partial charge in [0.1, 0.15) is 5.75 Å². The zero-order valence-electron chi connectivity index (χ0n) is 14.9. The summed E-state index contributed by atoms with van der Waals surface area (Å²) < 4.78 is 5.29. The molecule has 0 spiro atoms. The fraction of sp³-hybridized carbons (Fsp3) is 0.250. The lowest BCUT2D eigenvalue weighted by atomic mass is 10.1. The molecule has 2 aromatic rings. The van der Waals surface area contributed by atoms with Crippen molar-refractivity contribution < 1.29 is 19.1 Å². The first kappa shape index (κ1) is 19.0. The van der Waals surface area contributed by atoms with E-state index in [1.807, 2.05) is 24.3 Å². The Balaban J connectivity index is 1.52. The summed E-state index contributed by atoms with van der Waals surface area (Å²) in [4.78, 5) is 36.7. The smallest absolute Gasteiger partial charge is 0.289 e. The highest BCUT2D eigenvalue weighted by Gasteiger charge is 2.29. The van der Waals surface area contributed by atoms with Crippen LogP contribution in [0.25, 0.3) is 0 Å². The quantitative estimate of drug-likeness (QED) is 0.791. The van der Waals surface area contributed by atoms with E-state index in [4.69, 9.17) is 4.74 Å². The Morgan fingerprint density at radius 1 is 1.15 bits per heavy atom. The number of ether oxygens (including phenoxy) is 1. The van der Waals surface area contributed by atoms with E-state index >= 15 is 0 Å². The van der Waals surface area contributed by atoms with E-state index in [9.17, 15) is 14.4 Å². The van der Waals surface area contributed by atoms with Crippen LogP contribution in [-0.2, 0) is 22.6 Å². The van der Waals surface area contributed by atoms with E-state index < -0.39 is 0 Å². The summed E-state index contributed by atoms with van der Waals surface area (Å²) in [7, 11) is 1.61. The summed E-state index contributed by atoms with van der Waals surface area (Å²) in [5.74, 6) is 0.728. The van der Waals surface area contributed by atoms with Crippen molar-refractivity contribution in [2.45, 2.75) is 19.4 Å². The fourth-order valence-corrected chi connectivity index (χ4v) is 3.52. The van der Waals surface area contributed by atoms with Gasteiger partial charge in [0.2, 0.25) is 11.8 Å². The SMILES string of the molecule is COc1ccccc1CCC(=O)Nc1ccc(CN2C(=O)CSC2=O)cc1. The van der Waals surface area contributed by atoms with Gasteiger partial charge in [0.25, 0.3) is 5.24 Å². The number of benzene rings is 2. The fourth-order valence-electron chi connectivity index (χ4n) is 2.79. The van der Waals surface area contributed by atoms with Gasteiger partial charge < -0.3 is 10.1 Å². The van der Waals surface area contributed by atoms with Crippen molar-refractivity contribution in [2.24, 2.45) is 0 Å². The molecule has 1 fully saturated rings. The number of carbonyl (C=O) groups excluding carboxylic acids is 3. The Kier molecular flexibility index (Phi) is 6.13. The number of carbonyl (C=O) groups is 3. The summed E-state index contributed by atoms with van der Waals surface area (Å²) in [6.07, 6.45) is 0.931. The van der Waals surface area contributed by atoms with Crippen LogP contribution in [0.15, 0.2) is 48.5 Å². The molecule has 7 heteroatoms. The van der Waals surface area contributed by atoms with Crippen molar-refractivity contribution in [1.29, 1.82) is 0 Å². The lowest BCUT2D eigenvalue weighted by Crippen LogP contribution is -2.27. The van der Waals surface area contributed by atoms with E-state index in [-0.39, 0.29) is 29.4 Å². The third-order valence-corrected chi connectivity index (χ3v) is 5.09. The van der Waals surface area contributed by atoms with Gasteiger partial charge in [0.05, 0.1) is 19.4 Å². The highest BCUT2D eigenvalue weighted by Crippen LogP contribution is 2.22. The van der Waals surface area contributed by atoms with Gasteiger partial charge in [-0.2, -0.15) is 0 Å². The minimum Gasteiger partial charge on any atom is -0.496 e. The van der Waals surface area contributed by atoms with E-state index in [1.54, 1.807) is 31.4 Å². The maximum absolute atomic E-state index is 12.2. The van der Waals surface area contributed by atoms with Crippen LogP contribution in [0.2, 0.25) is 0 Å². The van der Waals surface area contributed by atoms with Crippen LogP contribution in [0, 0.1) is 0 Å². The molecule has 1 aliphatic heterocycles. The van der Waals surface area contributed by atoms with Crippen molar-refractivity contribution >= 4 is 34.5 Å². The molecule has 0 atom stereocenters. The number of amides is 3. The number of methoxy groups -OCH3 is 1. The molecule has 27 heavy (non-hydrogen) atoms. The van der Waals surface area contributed by atoms with Crippen molar-refractivity contribution in [3.63, 3.8) is 0 Å². The number of rotatable bonds is 7. The molecule has 0 unspecified atom stereocenters. The van der Waals surface area contributed by atoms with Gasteiger partial charge >= 0.3 is 0 Å². The van der Waals surface area contributed by atoms with Gasteiger partial charge in [-0.1, -0.05) is 42.1 Å². The summed E-state index contributed by atoms with van der Waals surface area (Å²) in [6, 6.07) is 14.8. The lowest BCUT2D eigenvalue weighted by molar-refractivity contribution is -0.125. The van der Waals surface area contributed by atoms with Crippen LogP contribution >= 0.6 is 11.8 Å².